The van der Waals surface area contributed by atoms with Gasteiger partial charge in [0.15, 0.2) is 0 Å². The van der Waals surface area contributed by atoms with Crippen molar-refractivity contribution in [2.75, 3.05) is 39.3 Å². The van der Waals surface area contributed by atoms with Gasteiger partial charge >= 0.3 is 0 Å². The summed E-state index contributed by atoms with van der Waals surface area (Å²) >= 11 is 0. The summed E-state index contributed by atoms with van der Waals surface area (Å²) in [6.07, 6.45) is 5.87. The molecular weight excluding hydrogens is 252 g/mol. The zero-order chi connectivity index (χ0) is 14.8. The molecule has 9 N–H and O–H groups in total. The quantitative estimate of drug-likeness (QED) is 0.442. The Morgan fingerprint density at radius 3 is 2.15 bits per heavy atom. The van der Waals surface area contributed by atoms with Crippen LogP contribution < -0.4 is 28.3 Å². The van der Waals surface area contributed by atoms with Crippen molar-refractivity contribution in [2.45, 2.75) is 50.2 Å². The molecule has 1 saturated heterocycles. The molecule has 0 aromatic heterocycles. The molecule has 0 aromatic carbocycles. The van der Waals surface area contributed by atoms with E-state index in [-0.39, 0.29) is 12.1 Å². The highest BCUT2D eigenvalue weighted by Crippen LogP contribution is 2.14. The molecule has 0 aromatic rings. The monoisotopic (exact) mass is 286 g/mol. The predicted molar refractivity (Wildman–Crippen MR) is 85.4 cm³/mol. The van der Waals surface area contributed by atoms with Crippen molar-refractivity contribution in [3.63, 3.8) is 0 Å². The van der Waals surface area contributed by atoms with E-state index in [0.29, 0.717) is 6.04 Å². The Balaban J connectivity index is 0.000000217. The molecule has 3 atom stereocenters. The molecule has 0 spiro atoms. The van der Waals surface area contributed by atoms with Crippen LogP contribution in [-0.4, -0.2) is 62.3 Å². The van der Waals surface area contributed by atoms with E-state index in [0.717, 1.165) is 58.5 Å². The molecule has 2 rings (SSSR count). The number of piperazine rings is 1. The van der Waals surface area contributed by atoms with Gasteiger partial charge in [-0.1, -0.05) is 12.8 Å². The van der Waals surface area contributed by atoms with Crippen LogP contribution in [0.1, 0.15) is 32.1 Å². The Labute approximate surface area is 123 Å². The van der Waals surface area contributed by atoms with E-state index in [1.165, 1.54) is 12.8 Å². The summed E-state index contributed by atoms with van der Waals surface area (Å²) in [6.45, 7) is 5.79. The highest BCUT2D eigenvalue weighted by atomic mass is 15.2. The fourth-order valence-corrected chi connectivity index (χ4v) is 2.93. The summed E-state index contributed by atoms with van der Waals surface area (Å²) in [4.78, 5) is 2.43. The standard InChI is InChI=1S/C8H20N4.C6H14N2/c9-2-1-8-7-11-4-6-12(8)5-3-10;7-5-3-1-2-4-6(5)8/h8,11H,1-7,9-10H2;5-6H,1-4,7-8H2. The lowest BCUT2D eigenvalue weighted by molar-refractivity contribution is 0.159. The van der Waals surface area contributed by atoms with Gasteiger partial charge in [0, 0.05) is 50.8 Å². The van der Waals surface area contributed by atoms with E-state index in [1.807, 2.05) is 0 Å². The molecule has 0 amide bonds. The summed E-state index contributed by atoms with van der Waals surface area (Å²) in [7, 11) is 0. The highest BCUT2D eigenvalue weighted by Gasteiger charge is 2.19. The van der Waals surface area contributed by atoms with Crippen LogP contribution >= 0.6 is 0 Å². The molecule has 0 radical (unpaired) electrons. The molecule has 0 bridgehead atoms. The Bertz CT molecular complexity index is 210. The van der Waals surface area contributed by atoms with Gasteiger partial charge in [-0.2, -0.15) is 0 Å². The predicted octanol–water partition coefficient (Wildman–Crippen LogP) is -1.22. The van der Waals surface area contributed by atoms with Crippen molar-refractivity contribution >= 4 is 0 Å². The van der Waals surface area contributed by atoms with E-state index < -0.39 is 0 Å². The second kappa shape index (κ2) is 10.5. The third-order valence-electron chi connectivity index (χ3n) is 4.26. The zero-order valence-corrected chi connectivity index (χ0v) is 12.8. The van der Waals surface area contributed by atoms with Crippen LogP contribution in [0.3, 0.4) is 0 Å². The average Bonchev–Trinajstić information content (AvgIpc) is 2.46. The van der Waals surface area contributed by atoms with Crippen molar-refractivity contribution in [3.8, 4) is 0 Å². The fourth-order valence-electron chi connectivity index (χ4n) is 2.93. The minimum Gasteiger partial charge on any atom is -0.330 e. The Morgan fingerprint density at radius 1 is 1.00 bits per heavy atom. The van der Waals surface area contributed by atoms with Gasteiger partial charge in [0.25, 0.3) is 0 Å². The Hall–Kier alpha value is -0.240. The normalized spacial score (nSPS) is 31.5. The lowest BCUT2D eigenvalue weighted by Gasteiger charge is -2.35. The van der Waals surface area contributed by atoms with Crippen molar-refractivity contribution < 1.29 is 0 Å². The van der Waals surface area contributed by atoms with E-state index in [1.54, 1.807) is 0 Å². The highest BCUT2D eigenvalue weighted by molar-refractivity contribution is 4.80. The molecule has 1 saturated carbocycles. The lowest BCUT2D eigenvalue weighted by Crippen LogP contribution is -2.53. The SMILES string of the molecule is NC1CCCCC1N.NCCC1CNCCN1CCN. The first-order valence-corrected chi connectivity index (χ1v) is 8.05. The number of hydrogen-bond donors (Lipinski definition) is 5. The molecule has 1 aliphatic carbocycles. The number of nitrogens with one attached hydrogen (secondary N) is 1. The van der Waals surface area contributed by atoms with Crippen LogP contribution in [0.15, 0.2) is 0 Å². The van der Waals surface area contributed by atoms with Crippen LogP contribution in [0.25, 0.3) is 0 Å². The van der Waals surface area contributed by atoms with Crippen molar-refractivity contribution in [1.82, 2.24) is 10.2 Å². The van der Waals surface area contributed by atoms with Gasteiger partial charge in [-0.25, -0.2) is 0 Å². The molecule has 2 aliphatic rings. The Kier molecular flexibility index (Phi) is 9.33. The van der Waals surface area contributed by atoms with E-state index in [2.05, 4.69) is 10.2 Å². The van der Waals surface area contributed by atoms with Crippen LogP contribution in [0.5, 0.6) is 0 Å². The van der Waals surface area contributed by atoms with E-state index in [9.17, 15) is 0 Å². The maximum absolute atomic E-state index is 5.65. The molecule has 3 unspecified atom stereocenters. The minimum absolute atomic E-state index is 0.281. The minimum atomic E-state index is 0.281. The molecule has 120 valence electrons. The third kappa shape index (κ3) is 6.47. The third-order valence-corrected chi connectivity index (χ3v) is 4.26. The molecule has 2 fully saturated rings. The van der Waals surface area contributed by atoms with Crippen molar-refractivity contribution in [1.29, 1.82) is 0 Å². The first-order valence-electron chi connectivity index (χ1n) is 8.05. The van der Waals surface area contributed by atoms with E-state index in [4.69, 9.17) is 22.9 Å². The van der Waals surface area contributed by atoms with Gasteiger partial charge in [-0.05, 0) is 25.8 Å². The summed E-state index contributed by atoms with van der Waals surface area (Å²) in [6, 6.07) is 1.17. The maximum Gasteiger partial charge on any atom is 0.0233 e. The maximum atomic E-state index is 5.65. The lowest BCUT2D eigenvalue weighted by atomic mass is 9.92. The molecule has 6 heteroatoms. The summed E-state index contributed by atoms with van der Waals surface area (Å²) in [5.41, 5.74) is 22.4. The van der Waals surface area contributed by atoms with Gasteiger partial charge in [0.1, 0.15) is 0 Å². The second-order valence-corrected chi connectivity index (χ2v) is 5.87. The molecule has 20 heavy (non-hydrogen) atoms. The van der Waals surface area contributed by atoms with Crippen LogP contribution in [0.2, 0.25) is 0 Å². The van der Waals surface area contributed by atoms with Gasteiger partial charge in [0.05, 0.1) is 0 Å². The van der Waals surface area contributed by atoms with Gasteiger partial charge in [-0.3, -0.25) is 4.90 Å². The van der Waals surface area contributed by atoms with Crippen LogP contribution in [0, 0.1) is 0 Å². The fraction of sp³-hybridized carbons (Fsp3) is 1.00. The molecule has 1 aliphatic heterocycles. The van der Waals surface area contributed by atoms with Crippen LogP contribution in [-0.2, 0) is 0 Å². The van der Waals surface area contributed by atoms with E-state index >= 15 is 0 Å². The van der Waals surface area contributed by atoms with Gasteiger partial charge < -0.3 is 28.3 Å². The zero-order valence-electron chi connectivity index (χ0n) is 12.8. The smallest absolute Gasteiger partial charge is 0.0233 e. The summed E-state index contributed by atoms with van der Waals surface area (Å²) in [5.74, 6) is 0. The van der Waals surface area contributed by atoms with Crippen LogP contribution in [0.4, 0.5) is 0 Å². The topological polar surface area (TPSA) is 119 Å². The summed E-state index contributed by atoms with van der Waals surface area (Å²) < 4.78 is 0. The summed E-state index contributed by atoms with van der Waals surface area (Å²) in [5, 5.41) is 3.37. The second-order valence-electron chi connectivity index (χ2n) is 5.87. The largest absolute Gasteiger partial charge is 0.330 e. The van der Waals surface area contributed by atoms with Gasteiger partial charge in [-0.15, -0.1) is 0 Å². The molecule has 6 nitrogen and oxygen atoms in total. The number of hydrogen-bond acceptors (Lipinski definition) is 6. The average molecular weight is 286 g/mol. The molecular formula is C14H34N6. The Morgan fingerprint density at radius 2 is 1.65 bits per heavy atom. The number of nitrogens with two attached hydrogens (primary N) is 4. The van der Waals surface area contributed by atoms with Gasteiger partial charge in [0.2, 0.25) is 0 Å². The number of rotatable bonds is 4. The molecule has 1 heterocycles. The van der Waals surface area contributed by atoms with Crippen molar-refractivity contribution in [3.05, 3.63) is 0 Å². The number of nitrogens with zero attached hydrogens (tertiary/aromatic N) is 1. The first-order chi connectivity index (χ1) is 9.69. The van der Waals surface area contributed by atoms with Crippen molar-refractivity contribution in [2.24, 2.45) is 22.9 Å². The first kappa shape index (κ1) is 17.8.